The molecule has 0 unspecified atom stereocenters. The molecule has 0 saturated carbocycles. The van der Waals surface area contributed by atoms with E-state index < -0.39 is 0 Å². The molecule has 4 N–H and O–H groups in total. The van der Waals surface area contributed by atoms with Crippen molar-refractivity contribution in [3.8, 4) is 6.07 Å². The van der Waals surface area contributed by atoms with Crippen molar-refractivity contribution >= 4 is 29.0 Å². The summed E-state index contributed by atoms with van der Waals surface area (Å²) in [5, 5.41) is 9.09. The Bertz CT molecular complexity index is 253. The Morgan fingerprint density at radius 1 is 1.54 bits per heavy atom. The Morgan fingerprint density at radius 2 is 2.15 bits per heavy atom. The Morgan fingerprint density at radius 3 is 2.54 bits per heavy atom. The Labute approximate surface area is 88.2 Å². The van der Waals surface area contributed by atoms with E-state index in [0.717, 1.165) is 18.6 Å². The smallest absolute Gasteiger partial charge is 0.117 e. The first-order valence-electron chi connectivity index (χ1n) is 3.95. The standard InChI is InChI=1S/C8H13N3S2/c1-2-3-4-13-8(11)6(5-9)7(10)12/h2-4,11H2,1H3,(H2,10,12)/b8-6-. The van der Waals surface area contributed by atoms with Gasteiger partial charge in [0.05, 0.1) is 5.03 Å². The fourth-order valence-corrected chi connectivity index (χ4v) is 1.80. The molecule has 0 saturated heterocycles. The maximum absolute atomic E-state index is 8.65. The number of nitrogens with two attached hydrogens (primary N) is 2. The number of rotatable bonds is 5. The highest BCUT2D eigenvalue weighted by molar-refractivity contribution is 8.03. The zero-order valence-corrected chi connectivity index (χ0v) is 9.17. The van der Waals surface area contributed by atoms with Gasteiger partial charge in [0.25, 0.3) is 0 Å². The van der Waals surface area contributed by atoms with Crippen molar-refractivity contribution in [2.24, 2.45) is 11.5 Å². The van der Waals surface area contributed by atoms with Gasteiger partial charge in [-0.05, 0) is 12.2 Å². The summed E-state index contributed by atoms with van der Waals surface area (Å²) in [6.45, 7) is 2.10. The van der Waals surface area contributed by atoms with Crippen LogP contribution in [0.2, 0.25) is 0 Å². The molecule has 0 rings (SSSR count). The summed E-state index contributed by atoms with van der Waals surface area (Å²) in [4.78, 5) is 0.0731. The van der Waals surface area contributed by atoms with Crippen LogP contribution in [0.5, 0.6) is 0 Å². The molecular weight excluding hydrogens is 202 g/mol. The number of hydrogen-bond acceptors (Lipinski definition) is 4. The predicted molar refractivity (Wildman–Crippen MR) is 61.0 cm³/mol. The van der Waals surface area contributed by atoms with E-state index in [4.69, 9.17) is 16.7 Å². The lowest BCUT2D eigenvalue weighted by Crippen LogP contribution is -2.14. The molecule has 5 heteroatoms. The minimum atomic E-state index is 0.0731. The van der Waals surface area contributed by atoms with Gasteiger partial charge in [0.1, 0.15) is 16.6 Å². The van der Waals surface area contributed by atoms with E-state index >= 15 is 0 Å². The average Bonchev–Trinajstić information content (AvgIpc) is 2.05. The summed E-state index contributed by atoms with van der Waals surface area (Å²) < 4.78 is 0. The normalized spacial score (nSPS) is 11.7. The highest BCUT2D eigenvalue weighted by Gasteiger charge is 2.05. The molecule has 0 atom stereocenters. The van der Waals surface area contributed by atoms with E-state index in [9.17, 15) is 0 Å². The van der Waals surface area contributed by atoms with Crippen molar-refractivity contribution in [1.82, 2.24) is 0 Å². The molecule has 13 heavy (non-hydrogen) atoms. The summed E-state index contributed by atoms with van der Waals surface area (Å²) in [7, 11) is 0. The summed E-state index contributed by atoms with van der Waals surface area (Å²) in [6, 6.07) is 1.90. The Hall–Kier alpha value is -0.730. The Kier molecular flexibility index (Phi) is 6.37. The van der Waals surface area contributed by atoms with Crippen molar-refractivity contribution in [2.75, 3.05) is 5.75 Å². The first-order valence-corrected chi connectivity index (χ1v) is 5.35. The molecule has 0 fully saturated rings. The first kappa shape index (κ1) is 12.3. The van der Waals surface area contributed by atoms with E-state index in [1.807, 2.05) is 6.07 Å². The second-order valence-corrected chi connectivity index (χ2v) is 3.99. The third-order valence-corrected chi connectivity index (χ3v) is 2.57. The van der Waals surface area contributed by atoms with Crippen molar-refractivity contribution in [2.45, 2.75) is 19.8 Å². The minimum Gasteiger partial charge on any atom is -0.392 e. The molecule has 3 nitrogen and oxygen atoms in total. The molecule has 0 radical (unpaired) electrons. The van der Waals surface area contributed by atoms with Gasteiger partial charge in [-0.3, -0.25) is 0 Å². The quantitative estimate of drug-likeness (QED) is 0.314. The van der Waals surface area contributed by atoms with Crippen molar-refractivity contribution < 1.29 is 0 Å². The van der Waals surface area contributed by atoms with Gasteiger partial charge < -0.3 is 11.5 Å². The lowest BCUT2D eigenvalue weighted by atomic mass is 10.3. The molecule has 0 aliphatic rings. The highest BCUT2D eigenvalue weighted by atomic mass is 32.2. The van der Waals surface area contributed by atoms with Crippen LogP contribution in [0.3, 0.4) is 0 Å². The molecule has 0 bridgehead atoms. The summed E-state index contributed by atoms with van der Waals surface area (Å²) in [5.74, 6) is 0.899. The van der Waals surface area contributed by atoms with Crippen LogP contribution in [0, 0.1) is 11.3 Å². The summed E-state index contributed by atoms with van der Waals surface area (Å²) in [6.07, 6.45) is 2.18. The van der Waals surface area contributed by atoms with Crippen LogP contribution < -0.4 is 11.5 Å². The number of nitriles is 1. The molecule has 0 aromatic heterocycles. The zero-order chi connectivity index (χ0) is 10.3. The maximum Gasteiger partial charge on any atom is 0.117 e. The van der Waals surface area contributed by atoms with Crippen LogP contribution in [0.4, 0.5) is 0 Å². The SMILES string of the molecule is CCCCS/C(N)=C(/C#N)C(N)=S. The number of hydrogen-bond donors (Lipinski definition) is 2. The lowest BCUT2D eigenvalue weighted by Gasteiger charge is -2.02. The van der Waals surface area contributed by atoms with Gasteiger partial charge in [-0.25, -0.2) is 0 Å². The number of thiocarbonyl (C=S) groups is 1. The monoisotopic (exact) mass is 215 g/mol. The van der Waals surface area contributed by atoms with E-state index in [2.05, 4.69) is 19.1 Å². The molecule has 0 aliphatic carbocycles. The van der Waals surface area contributed by atoms with Gasteiger partial charge in [-0.2, -0.15) is 5.26 Å². The molecular formula is C8H13N3S2. The zero-order valence-electron chi connectivity index (χ0n) is 7.54. The molecule has 0 aliphatic heterocycles. The third-order valence-electron chi connectivity index (χ3n) is 1.36. The van der Waals surface area contributed by atoms with Crippen molar-refractivity contribution in [3.63, 3.8) is 0 Å². The molecule has 0 heterocycles. The highest BCUT2D eigenvalue weighted by Crippen LogP contribution is 2.15. The van der Waals surface area contributed by atoms with Crippen molar-refractivity contribution in [1.29, 1.82) is 5.26 Å². The topological polar surface area (TPSA) is 75.8 Å². The van der Waals surface area contributed by atoms with Gasteiger partial charge in [0, 0.05) is 0 Å². The lowest BCUT2D eigenvalue weighted by molar-refractivity contribution is 0.897. The van der Waals surface area contributed by atoms with Crippen LogP contribution in [0.15, 0.2) is 10.6 Å². The predicted octanol–water partition coefficient (Wildman–Crippen LogP) is 1.50. The van der Waals surface area contributed by atoms with Crippen LogP contribution >= 0.6 is 24.0 Å². The van der Waals surface area contributed by atoms with Crippen LogP contribution in [0.1, 0.15) is 19.8 Å². The van der Waals surface area contributed by atoms with E-state index in [1.165, 1.54) is 11.8 Å². The van der Waals surface area contributed by atoms with Gasteiger partial charge in [-0.15, -0.1) is 11.8 Å². The summed E-state index contributed by atoms with van der Waals surface area (Å²) in [5.41, 5.74) is 11.2. The minimum absolute atomic E-state index is 0.0731. The van der Waals surface area contributed by atoms with Gasteiger partial charge >= 0.3 is 0 Å². The maximum atomic E-state index is 8.65. The number of unbranched alkanes of at least 4 members (excludes halogenated alkanes) is 1. The molecule has 0 aromatic rings. The molecule has 0 spiro atoms. The molecule has 72 valence electrons. The second-order valence-electron chi connectivity index (χ2n) is 2.42. The summed E-state index contributed by atoms with van der Waals surface area (Å²) >= 11 is 6.10. The first-order chi connectivity index (χ1) is 6.13. The fraction of sp³-hybridized carbons (Fsp3) is 0.500. The molecule has 0 amide bonds. The number of nitrogens with zero attached hydrogens (tertiary/aromatic N) is 1. The van der Waals surface area contributed by atoms with E-state index in [0.29, 0.717) is 5.03 Å². The van der Waals surface area contributed by atoms with Gasteiger partial charge in [-0.1, -0.05) is 25.6 Å². The van der Waals surface area contributed by atoms with Crippen LogP contribution in [-0.2, 0) is 0 Å². The average molecular weight is 215 g/mol. The third kappa shape index (κ3) is 4.76. The van der Waals surface area contributed by atoms with Crippen LogP contribution in [-0.4, -0.2) is 10.7 Å². The van der Waals surface area contributed by atoms with E-state index in [-0.39, 0.29) is 10.6 Å². The largest absolute Gasteiger partial charge is 0.392 e. The van der Waals surface area contributed by atoms with E-state index in [1.54, 1.807) is 0 Å². The number of thioether (sulfide) groups is 1. The van der Waals surface area contributed by atoms with Crippen LogP contribution in [0.25, 0.3) is 0 Å². The Balaban J connectivity index is 4.25. The van der Waals surface area contributed by atoms with Gasteiger partial charge in [0.15, 0.2) is 0 Å². The molecule has 0 aromatic carbocycles. The van der Waals surface area contributed by atoms with Crippen molar-refractivity contribution in [3.05, 3.63) is 10.6 Å². The van der Waals surface area contributed by atoms with Gasteiger partial charge in [0.2, 0.25) is 0 Å². The fourth-order valence-electron chi connectivity index (χ4n) is 0.630. The second kappa shape index (κ2) is 6.75.